The smallest absolute Gasteiger partial charge is 0.277 e. The van der Waals surface area contributed by atoms with Gasteiger partial charge >= 0.3 is 0 Å². The monoisotopic (exact) mass is 402 g/mol. The highest BCUT2D eigenvalue weighted by Crippen LogP contribution is 2.28. The second-order valence-corrected chi connectivity index (χ2v) is 7.09. The molecule has 0 saturated heterocycles. The number of carbonyl (C=O) groups excluding carboxylic acids is 1. The minimum Gasteiger partial charge on any atom is -0.483 e. The zero-order valence-corrected chi connectivity index (χ0v) is 16.6. The minimum absolute atomic E-state index is 0.0930. The van der Waals surface area contributed by atoms with Crippen LogP contribution in [0.25, 0.3) is 0 Å². The molecule has 0 spiro atoms. The zero-order valence-electron chi connectivity index (χ0n) is 15.0. The quantitative estimate of drug-likeness (QED) is 0.557. The predicted octanol–water partition coefficient (Wildman–Crippen LogP) is 4.80. The van der Waals surface area contributed by atoms with Crippen molar-refractivity contribution in [2.45, 2.75) is 33.6 Å². The molecule has 0 unspecified atom stereocenters. The third kappa shape index (κ3) is 5.71. The number of benzene rings is 2. The van der Waals surface area contributed by atoms with E-state index in [2.05, 4.69) is 40.3 Å². The van der Waals surface area contributed by atoms with E-state index in [9.17, 15) is 4.79 Å². The Morgan fingerprint density at radius 2 is 1.88 bits per heavy atom. The molecule has 25 heavy (non-hydrogen) atoms. The Hall–Kier alpha value is -2.14. The van der Waals surface area contributed by atoms with Crippen LogP contribution >= 0.6 is 15.9 Å². The summed E-state index contributed by atoms with van der Waals surface area (Å²) in [5.74, 6) is 0.776. The fourth-order valence-electron chi connectivity index (χ4n) is 2.17. The van der Waals surface area contributed by atoms with Crippen LogP contribution in [-0.4, -0.2) is 18.2 Å². The van der Waals surface area contributed by atoms with Crippen LogP contribution in [0.1, 0.15) is 43.4 Å². The highest BCUT2D eigenvalue weighted by Gasteiger charge is 2.08. The van der Waals surface area contributed by atoms with Gasteiger partial charge in [0.2, 0.25) is 0 Å². The van der Waals surface area contributed by atoms with Crippen LogP contribution in [0, 0.1) is 6.92 Å². The van der Waals surface area contributed by atoms with Crippen LogP contribution in [0.5, 0.6) is 5.75 Å². The van der Waals surface area contributed by atoms with Crippen molar-refractivity contribution in [2.75, 3.05) is 6.61 Å². The number of amides is 1. The third-order valence-electron chi connectivity index (χ3n) is 3.80. The van der Waals surface area contributed by atoms with E-state index in [0.717, 1.165) is 15.7 Å². The van der Waals surface area contributed by atoms with E-state index in [0.29, 0.717) is 11.7 Å². The Morgan fingerprint density at radius 1 is 1.20 bits per heavy atom. The maximum atomic E-state index is 11.9. The topological polar surface area (TPSA) is 50.7 Å². The van der Waals surface area contributed by atoms with E-state index in [1.54, 1.807) is 0 Å². The summed E-state index contributed by atoms with van der Waals surface area (Å²) in [6.45, 7) is 8.05. The average molecular weight is 403 g/mol. The van der Waals surface area contributed by atoms with Gasteiger partial charge in [0.25, 0.3) is 5.91 Å². The number of hydrogen-bond donors (Lipinski definition) is 1. The van der Waals surface area contributed by atoms with E-state index >= 15 is 0 Å². The lowest BCUT2D eigenvalue weighted by Crippen LogP contribution is -2.25. The van der Waals surface area contributed by atoms with Gasteiger partial charge in [-0.25, -0.2) is 5.43 Å². The van der Waals surface area contributed by atoms with E-state index in [1.807, 2.05) is 56.3 Å². The maximum absolute atomic E-state index is 11.9. The summed E-state index contributed by atoms with van der Waals surface area (Å²) in [4.78, 5) is 11.9. The molecule has 132 valence electrons. The van der Waals surface area contributed by atoms with Crippen molar-refractivity contribution in [3.63, 3.8) is 0 Å². The maximum Gasteiger partial charge on any atom is 0.277 e. The van der Waals surface area contributed by atoms with Gasteiger partial charge in [0.1, 0.15) is 5.75 Å². The highest BCUT2D eigenvalue weighted by molar-refractivity contribution is 9.10. The Bertz CT molecular complexity index is 768. The summed E-state index contributed by atoms with van der Waals surface area (Å²) in [6.07, 6.45) is 0. The second-order valence-electron chi connectivity index (χ2n) is 6.23. The zero-order chi connectivity index (χ0) is 18.4. The third-order valence-corrected chi connectivity index (χ3v) is 4.42. The number of nitrogens with one attached hydrogen (secondary N) is 1. The molecule has 0 aliphatic carbocycles. The molecule has 0 aliphatic heterocycles. The summed E-state index contributed by atoms with van der Waals surface area (Å²) >= 11 is 3.48. The van der Waals surface area contributed by atoms with Crippen molar-refractivity contribution < 1.29 is 9.53 Å². The predicted molar refractivity (Wildman–Crippen MR) is 105 cm³/mol. The van der Waals surface area contributed by atoms with Gasteiger partial charge in [0.15, 0.2) is 6.61 Å². The van der Waals surface area contributed by atoms with Gasteiger partial charge in [-0.3, -0.25) is 4.79 Å². The summed E-state index contributed by atoms with van der Waals surface area (Å²) in [5, 5.41) is 4.12. The van der Waals surface area contributed by atoms with Crippen LogP contribution in [-0.2, 0) is 4.79 Å². The molecule has 1 N–H and O–H groups in total. The standard InChI is InChI=1S/C20H23BrN2O2/c1-13(2)17-9-10-19(18(21)11-17)25-12-20(24)23-22-15(4)16-7-5-14(3)6-8-16/h5-11,13H,12H2,1-4H3,(H,23,24). The van der Waals surface area contributed by atoms with Gasteiger partial charge in [-0.1, -0.05) is 49.7 Å². The van der Waals surface area contributed by atoms with E-state index in [4.69, 9.17) is 4.74 Å². The summed E-state index contributed by atoms with van der Waals surface area (Å²) in [6, 6.07) is 13.9. The molecular formula is C20H23BrN2O2. The molecule has 0 aromatic heterocycles. The molecule has 1 amide bonds. The van der Waals surface area contributed by atoms with E-state index < -0.39 is 0 Å². The Morgan fingerprint density at radius 3 is 2.48 bits per heavy atom. The molecule has 4 nitrogen and oxygen atoms in total. The van der Waals surface area contributed by atoms with E-state index in [-0.39, 0.29) is 12.5 Å². The molecule has 0 radical (unpaired) electrons. The summed E-state index contributed by atoms with van der Waals surface area (Å²) in [7, 11) is 0. The van der Waals surface area contributed by atoms with Crippen molar-refractivity contribution in [1.82, 2.24) is 5.43 Å². The van der Waals surface area contributed by atoms with Crippen molar-refractivity contribution in [3.8, 4) is 5.75 Å². The first-order chi connectivity index (χ1) is 11.9. The number of rotatable bonds is 6. The average Bonchev–Trinajstić information content (AvgIpc) is 2.59. The second kappa shape index (κ2) is 8.81. The first-order valence-electron chi connectivity index (χ1n) is 8.19. The van der Waals surface area contributed by atoms with Crippen LogP contribution in [0.2, 0.25) is 0 Å². The number of aryl methyl sites for hydroxylation is 1. The molecule has 2 aromatic rings. The van der Waals surface area contributed by atoms with Gasteiger partial charge in [0, 0.05) is 0 Å². The summed E-state index contributed by atoms with van der Waals surface area (Å²) in [5.41, 5.74) is 6.63. The molecule has 2 aromatic carbocycles. The molecule has 0 fully saturated rings. The fourth-order valence-corrected chi connectivity index (χ4v) is 2.69. The molecule has 0 heterocycles. The number of hydrazone groups is 1. The number of halogens is 1. The number of nitrogens with zero attached hydrogens (tertiary/aromatic N) is 1. The Balaban J connectivity index is 1.90. The van der Waals surface area contributed by atoms with Gasteiger partial charge in [-0.05, 0) is 59.0 Å². The Kier molecular flexibility index (Phi) is 6.76. The SMILES string of the molecule is CC(=NNC(=O)COc1ccc(C(C)C)cc1Br)c1ccc(C)cc1. The lowest BCUT2D eigenvalue weighted by atomic mass is 10.0. The normalized spacial score (nSPS) is 11.5. The van der Waals surface area contributed by atoms with Crippen molar-refractivity contribution in [2.24, 2.45) is 5.10 Å². The van der Waals surface area contributed by atoms with Crippen molar-refractivity contribution in [1.29, 1.82) is 0 Å². The molecule has 5 heteroatoms. The lowest BCUT2D eigenvalue weighted by Gasteiger charge is -2.11. The first-order valence-corrected chi connectivity index (χ1v) is 8.98. The van der Waals surface area contributed by atoms with Crippen molar-refractivity contribution >= 4 is 27.5 Å². The molecule has 0 aliphatic rings. The fraction of sp³-hybridized carbons (Fsp3) is 0.300. The van der Waals surface area contributed by atoms with Crippen LogP contribution in [0.15, 0.2) is 52.0 Å². The van der Waals surface area contributed by atoms with Crippen LogP contribution < -0.4 is 10.2 Å². The summed E-state index contributed by atoms with van der Waals surface area (Å²) < 4.78 is 6.40. The molecular weight excluding hydrogens is 380 g/mol. The highest BCUT2D eigenvalue weighted by atomic mass is 79.9. The van der Waals surface area contributed by atoms with Gasteiger partial charge in [0.05, 0.1) is 10.2 Å². The number of ether oxygens (including phenoxy) is 1. The lowest BCUT2D eigenvalue weighted by molar-refractivity contribution is -0.123. The van der Waals surface area contributed by atoms with Crippen LogP contribution in [0.4, 0.5) is 0 Å². The van der Waals surface area contributed by atoms with Gasteiger partial charge in [-0.15, -0.1) is 0 Å². The van der Waals surface area contributed by atoms with Crippen LogP contribution in [0.3, 0.4) is 0 Å². The van der Waals surface area contributed by atoms with Crippen molar-refractivity contribution in [3.05, 3.63) is 63.6 Å². The molecule has 0 bridgehead atoms. The first kappa shape index (κ1) is 19.2. The number of hydrogen-bond acceptors (Lipinski definition) is 3. The largest absolute Gasteiger partial charge is 0.483 e. The van der Waals surface area contributed by atoms with E-state index in [1.165, 1.54) is 11.1 Å². The minimum atomic E-state index is -0.300. The molecule has 0 atom stereocenters. The van der Waals surface area contributed by atoms with Gasteiger partial charge in [-0.2, -0.15) is 5.10 Å². The number of carbonyl (C=O) groups is 1. The molecule has 0 saturated carbocycles. The molecule has 2 rings (SSSR count). The van der Waals surface area contributed by atoms with Gasteiger partial charge < -0.3 is 4.74 Å². The Labute approximate surface area is 157 Å².